The minimum atomic E-state index is -1.06. The number of hydrogen-bond acceptors (Lipinski definition) is 9. The van der Waals surface area contributed by atoms with Crippen molar-refractivity contribution >= 4 is 17.0 Å². The number of imidazole rings is 1. The Balaban J connectivity index is 1.31. The van der Waals surface area contributed by atoms with Crippen molar-refractivity contribution in [3.63, 3.8) is 0 Å². The van der Waals surface area contributed by atoms with Crippen LogP contribution in [0.3, 0.4) is 0 Å². The van der Waals surface area contributed by atoms with Gasteiger partial charge in [0.15, 0.2) is 17.7 Å². The van der Waals surface area contributed by atoms with E-state index in [1.54, 1.807) is 4.57 Å². The van der Waals surface area contributed by atoms with Crippen LogP contribution in [0.15, 0.2) is 12.7 Å². The van der Waals surface area contributed by atoms with Crippen LogP contribution in [0.2, 0.25) is 0 Å². The summed E-state index contributed by atoms with van der Waals surface area (Å²) >= 11 is 0. The molecule has 0 amide bonds. The fourth-order valence-electron chi connectivity index (χ4n) is 4.50. The van der Waals surface area contributed by atoms with E-state index in [-0.39, 0.29) is 11.4 Å². The Morgan fingerprint density at radius 3 is 2.88 bits per heavy atom. The molecule has 0 aromatic carbocycles. The van der Waals surface area contributed by atoms with Crippen LogP contribution in [0.5, 0.6) is 0 Å². The van der Waals surface area contributed by atoms with Gasteiger partial charge in [-0.15, -0.1) is 0 Å². The average molecular weight is 361 g/mol. The molecule has 0 bridgehead atoms. The molecule has 0 aliphatic carbocycles. The third-order valence-electron chi connectivity index (χ3n) is 5.82. The lowest BCUT2D eigenvalue weighted by atomic mass is 9.88. The minimum Gasteiger partial charge on any atom is -0.387 e. The maximum Gasteiger partial charge on any atom is 0.167 e. The van der Waals surface area contributed by atoms with E-state index in [0.717, 1.165) is 19.6 Å². The van der Waals surface area contributed by atoms with Crippen LogP contribution in [0, 0.1) is 0 Å². The highest BCUT2D eigenvalue weighted by atomic mass is 16.6. The van der Waals surface area contributed by atoms with Crippen molar-refractivity contribution in [2.45, 2.75) is 42.9 Å². The molecule has 5 rings (SSSR count). The average Bonchev–Trinajstić information content (AvgIpc) is 3.29. The van der Waals surface area contributed by atoms with Gasteiger partial charge in [0.2, 0.25) is 0 Å². The van der Waals surface area contributed by atoms with Crippen LogP contribution in [0.1, 0.15) is 19.1 Å². The highest BCUT2D eigenvalue weighted by Gasteiger charge is 2.49. The van der Waals surface area contributed by atoms with E-state index in [1.165, 1.54) is 25.5 Å². The standard InChI is InChI=1S/C16H23N7O3/c17-13-10-14(19-7-18-13)23(8-20-10)15-12(25)11(24)9(26-15)4-22-5-16(6-22)2-1-3-21-16/h7-9,11-12,15,21,24-25H,1-6H2,(H2,17,18,19)/t9-,11-,12-,15-/m1/s1. The molecule has 1 spiro atoms. The molecule has 140 valence electrons. The monoisotopic (exact) mass is 361 g/mol. The number of ether oxygens (including phenoxy) is 1. The lowest BCUT2D eigenvalue weighted by molar-refractivity contribution is -0.0621. The Bertz CT molecular complexity index is 813. The molecule has 2 aromatic rings. The van der Waals surface area contributed by atoms with E-state index in [2.05, 4.69) is 25.2 Å². The van der Waals surface area contributed by atoms with Gasteiger partial charge < -0.3 is 26.0 Å². The number of likely N-dealkylation sites (tertiary alicyclic amines) is 1. The first-order valence-electron chi connectivity index (χ1n) is 8.98. The van der Waals surface area contributed by atoms with Gasteiger partial charge in [0.05, 0.1) is 6.33 Å². The SMILES string of the molecule is Nc1ncnc2c1ncn2[C@@H]1O[C@H](CN2CC3(CCCN3)C2)[C@@H](O)[C@H]1O. The van der Waals surface area contributed by atoms with Gasteiger partial charge in [-0.05, 0) is 19.4 Å². The van der Waals surface area contributed by atoms with Gasteiger partial charge in [0.1, 0.15) is 30.2 Å². The van der Waals surface area contributed by atoms with Crippen molar-refractivity contribution < 1.29 is 14.9 Å². The smallest absolute Gasteiger partial charge is 0.167 e. The maximum absolute atomic E-state index is 10.5. The predicted molar refractivity (Wildman–Crippen MR) is 92.1 cm³/mol. The van der Waals surface area contributed by atoms with Crippen LogP contribution in [-0.2, 0) is 4.74 Å². The van der Waals surface area contributed by atoms with Crippen molar-refractivity contribution in [1.29, 1.82) is 0 Å². The lowest BCUT2D eigenvalue weighted by Gasteiger charge is -2.49. The molecule has 10 heteroatoms. The zero-order valence-corrected chi connectivity index (χ0v) is 14.3. The van der Waals surface area contributed by atoms with Gasteiger partial charge in [-0.2, -0.15) is 0 Å². The zero-order valence-electron chi connectivity index (χ0n) is 14.3. The summed E-state index contributed by atoms with van der Waals surface area (Å²) in [6.45, 7) is 3.58. The molecule has 4 atom stereocenters. The molecular weight excluding hydrogens is 338 g/mol. The Morgan fingerprint density at radius 1 is 1.27 bits per heavy atom. The molecule has 5 N–H and O–H groups in total. The number of aromatic nitrogens is 4. The van der Waals surface area contributed by atoms with Gasteiger partial charge in [-0.25, -0.2) is 15.0 Å². The fourth-order valence-corrected chi connectivity index (χ4v) is 4.50. The van der Waals surface area contributed by atoms with Gasteiger partial charge in [-0.3, -0.25) is 9.47 Å². The summed E-state index contributed by atoms with van der Waals surface area (Å²) in [6.07, 6.45) is 2.03. The third kappa shape index (κ3) is 2.41. The Hall–Kier alpha value is -1.85. The molecule has 3 aliphatic rings. The summed E-state index contributed by atoms with van der Waals surface area (Å²) in [4.78, 5) is 14.6. The maximum atomic E-state index is 10.5. The molecule has 26 heavy (non-hydrogen) atoms. The Morgan fingerprint density at radius 2 is 2.12 bits per heavy atom. The Labute approximate surface area is 150 Å². The molecule has 0 unspecified atom stereocenters. The van der Waals surface area contributed by atoms with E-state index in [4.69, 9.17) is 10.5 Å². The third-order valence-corrected chi connectivity index (χ3v) is 5.82. The predicted octanol–water partition coefficient (Wildman–Crippen LogP) is -1.53. The number of rotatable bonds is 3. The molecule has 0 saturated carbocycles. The van der Waals surface area contributed by atoms with Crippen molar-refractivity contribution in [2.24, 2.45) is 0 Å². The summed E-state index contributed by atoms with van der Waals surface area (Å²) in [5.41, 5.74) is 7.00. The number of nitrogen functional groups attached to an aromatic ring is 1. The summed E-state index contributed by atoms with van der Waals surface area (Å²) in [5, 5.41) is 24.5. The van der Waals surface area contributed by atoms with E-state index in [1.807, 2.05) is 0 Å². The first kappa shape index (κ1) is 16.3. The summed E-state index contributed by atoms with van der Waals surface area (Å²) in [5.74, 6) is 0.272. The second kappa shape index (κ2) is 5.83. The summed E-state index contributed by atoms with van der Waals surface area (Å²) in [6, 6.07) is 0. The molecule has 3 saturated heterocycles. The second-order valence-electron chi connectivity index (χ2n) is 7.61. The van der Waals surface area contributed by atoms with E-state index < -0.39 is 24.5 Å². The molecule has 3 fully saturated rings. The molecule has 10 nitrogen and oxygen atoms in total. The molecule has 0 radical (unpaired) electrons. The van der Waals surface area contributed by atoms with Crippen LogP contribution < -0.4 is 11.1 Å². The molecule has 5 heterocycles. The quantitative estimate of drug-likeness (QED) is 0.513. The summed E-state index contributed by atoms with van der Waals surface area (Å²) < 4.78 is 7.60. The minimum absolute atomic E-state index is 0.247. The van der Waals surface area contributed by atoms with Crippen LogP contribution in [0.4, 0.5) is 5.82 Å². The van der Waals surface area contributed by atoms with Crippen LogP contribution in [0.25, 0.3) is 11.2 Å². The number of nitrogens with two attached hydrogens (primary N) is 1. The highest BCUT2D eigenvalue weighted by Crippen LogP contribution is 2.35. The number of nitrogens with zero attached hydrogens (tertiary/aromatic N) is 5. The topological polar surface area (TPSA) is 135 Å². The Kier molecular flexibility index (Phi) is 3.66. The first-order chi connectivity index (χ1) is 12.6. The largest absolute Gasteiger partial charge is 0.387 e. The number of fused-ring (bicyclic) bond motifs is 1. The van der Waals surface area contributed by atoms with Crippen molar-refractivity contribution in [3.8, 4) is 0 Å². The van der Waals surface area contributed by atoms with E-state index >= 15 is 0 Å². The van der Waals surface area contributed by atoms with Crippen molar-refractivity contribution in [1.82, 2.24) is 29.7 Å². The van der Waals surface area contributed by atoms with Crippen molar-refractivity contribution in [3.05, 3.63) is 12.7 Å². The summed E-state index contributed by atoms with van der Waals surface area (Å²) in [7, 11) is 0. The number of aliphatic hydroxyl groups is 2. The lowest BCUT2D eigenvalue weighted by Crippen LogP contribution is -2.67. The number of hydrogen-bond donors (Lipinski definition) is 4. The number of anilines is 1. The fraction of sp³-hybridized carbons (Fsp3) is 0.688. The normalized spacial score (nSPS) is 33.9. The first-order valence-corrected chi connectivity index (χ1v) is 8.98. The second-order valence-corrected chi connectivity index (χ2v) is 7.61. The van der Waals surface area contributed by atoms with Crippen molar-refractivity contribution in [2.75, 3.05) is 31.9 Å². The molecule has 2 aromatic heterocycles. The number of nitrogens with one attached hydrogen (secondary N) is 1. The zero-order chi connectivity index (χ0) is 17.9. The molecule has 3 aliphatic heterocycles. The number of aliphatic hydroxyl groups excluding tert-OH is 2. The van der Waals surface area contributed by atoms with E-state index in [9.17, 15) is 10.2 Å². The van der Waals surface area contributed by atoms with Gasteiger partial charge in [0.25, 0.3) is 0 Å². The van der Waals surface area contributed by atoms with Gasteiger partial charge in [0, 0.05) is 25.2 Å². The van der Waals surface area contributed by atoms with Crippen LogP contribution >= 0.6 is 0 Å². The highest BCUT2D eigenvalue weighted by molar-refractivity contribution is 5.81. The van der Waals surface area contributed by atoms with Gasteiger partial charge >= 0.3 is 0 Å². The van der Waals surface area contributed by atoms with E-state index in [0.29, 0.717) is 17.7 Å². The van der Waals surface area contributed by atoms with Gasteiger partial charge in [-0.1, -0.05) is 0 Å². The molecular formula is C16H23N7O3. The van der Waals surface area contributed by atoms with Crippen LogP contribution in [-0.4, -0.2) is 84.7 Å².